The van der Waals surface area contributed by atoms with Crippen LogP contribution in [0.15, 0.2) is 0 Å². The van der Waals surface area contributed by atoms with Gasteiger partial charge in [0.05, 0.1) is 6.42 Å². The molecule has 202 valence electrons. The van der Waals surface area contributed by atoms with E-state index in [4.69, 9.17) is 9.84 Å². The van der Waals surface area contributed by atoms with Gasteiger partial charge in [-0.05, 0) is 37.5 Å². The number of carbonyl (C=O) groups excluding carboxylic acids is 1. The molecule has 0 aliphatic carbocycles. The second kappa shape index (κ2) is 20.1. The average Bonchev–Trinajstić information content (AvgIpc) is 2.79. The molecule has 0 bridgehead atoms. The van der Waals surface area contributed by atoms with Crippen LogP contribution in [0.3, 0.4) is 0 Å². The predicted octanol–water partition coefficient (Wildman–Crippen LogP) is 8.07. The molecule has 0 amide bonds. The van der Waals surface area contributed by atoms with Gasteiger partial charge in [0.25, 0.3) is 0 Å². The summed E-state index contributed by atoms with van der Waals surface area (Å²) in [6, 6.07) is 0. The molecular weight excluding hydrogens is 428 g/mol. The molecule has 5 heteroatoms. The van der Waals surface area contributed by atoms with Crippen molar-refractivity contribution in [2.45, 2.75) is 162 Å². The summed E-state index contributed by atoms with van der Waals surface area (Å²) in [5, 5.41) is 19.2. The van der Waals surface area contributed by atoms with Crippen molar-refractivity contribution in [2.24, 2.45) is 11.8 Å². The van der Waals surface area contributed by atoms with Crippen LogP contribution in [0.1, 0.15) is 150 Å². The lowest BCUT2D eigenvalue weighted by molar-refractivity contribution is -0.188. The topological polar surface area (TPSA) is 83.8 Å². The maximum Gasteiger partial charge on any atom is 0.336 e. The minimum Gasteiger partial charge on any atom is -0.481 e. The molecule has 0 spiro atoms. The summed E-state index contributed by atoms with van der Waals surface area (Å²) in [7, 11) is 0. The zero-order valence-corrected chi connectivity index (χ0v) is 23.1. The van der Waals surface area contributed by atoms with E-state index in [1.165, 1.54) is 38.5 Å². The third-order valence-corrected chi connectivity index (χ3v) is 7.50. The quantitative estimate of drug-likeness (QED) is 0.113. The van der Waals surface area contributed by atoms with Crippen LogP contribution in [0, 0.1) is 11.8 Å². The molecule has 34 heavy (non-hydrogen) atoms. The highest BCUT2D eigenvalue weighted by Crippen LogP contribution is 2.41. The molecule has 0 saturated heterocycles. The van der Waals surface area contributed by atoms with Gasteiger partial charge in [0, 0.05) is 0 Å². The molecule has 0 heterocycles. The second-order valence-electron chi connectivity index (χ2n) is 10.5. The van der Waals surface area contributed by atoms with Crippen molar-refractivity contribution in [1.29, 1.82) is 0 Å². The van der Waals surface area contributed by atoms with Crippen molar-refractivity contribution in [1.82, 2.24) is 0 Å². The Kier molecular flexibility index (Phi) is 19.5. The van der Waals surface area contributed by atoms with Crippen LogP contribution in [0.4, 0.5) is 0 Å². The van der Waals surface area contributed by atoms with E-state index in [0.717, 1.165) is 70.6 Å². The zero-order chi connectivity index (χ0) is 25.8. The molecule has 2 N–H and O–H groups in total. The van der Waals surface area contributed by atoms with Crippen LogP contribution >= 0.6 is 0 Å². The lowest BCUT2D eigenvalue weighted by Crippen LogP contribution is -2.49. The molecule has 0 aliphatic rings. The molecule has 0 saturated carbocycles. The first kappa shape index (κ1) is 32.9. The third kappa shape index (κ3) is 13.7. The van der Waals surface area contributed by atoms with Gasteiger partial charge in [-0.2, -0.15) is 0 Å². The van der Waals surface area contributed by atoms with E-state index in [-0.39, 0.29) is 11.8 Å². The van der Waals surface area contributed by atoms with E-state index in [9.17, 15) is 14.7 Å². The zero-order valence-electron chi connectivity index (χ0n) is 23.1. The maximum absolute atomic E-state index is 12.9. The number of aliphatic hydroxyl groups excluding tert-OH is 1. The normalized spacial score (nSPS) is 15.9. The summed E-state index contributed by atoms with van der Waals surface area (Å²) < 4.78 is 6.19. The molecule has 0 fully saturated rings. The van der Waals surface area contributed by atoms with E-state index < -0.39 is 30.1 Å². The third-order valence-electron chi connectivity index (χ3n) is 7.50. The second-order valence-corrected chi connectivity index (χ2v) is 10.5. The van der Waals surface area contributed by atoms with Gasteiger partial charge in [0.2, 0.25) is 0 Å². The Labute approximate surface area is 210 Å². The first-order chi connectivity index (χ1) is 16.2. The van der Waals surface area contributed by atoms with Crippen molar-refractivity contribution >= 4 is 11.9 Å². The van der Waals surface area contributed by atoms with Gasteiger partial charge >= 0.3 is 11.9 Å². The standard InChI is InChI=1S/C29H56O5/c1-6-9-12-13-14-15-16-19-22-29(24(4)20-17-10-7-2,25(5)21-18-11-8-3)34-28(33)26(30)23-27(31)32/h24-26,30H,6-23H2,1-5H3,(H,31,32). The summed E-state index contributed by atoms with van der Waals surface area (Å²) in [6.07, 6.45) is 17.0. The number of esters is 1. The molecule has 3 unspecified atom stereocenters. The minimum atomic E-state index is -1.61. The number of ether oxygens (including phenoxy) is 1. The van der Waals surface area contributed by atoms with Crippen molar-refractivity contribution in [2.75, 3.05) is 0 Å². The number of aliphatic carboxylic acids is 1. The van der Waals surface area contributed by atoms with Crippen molar-refractivity contribution in [3.63, 3.8) is 0 Å². The van der Waals surface area contributed by atoms with Gasteiger partial charge in [-0.3, -0.25) is 4.79 Å². The number of unbranched alkanes of at least 4 members (excludes halogenated alkanes) is 11. The fourth-order valence-electron chi connectivity index (χ4n) is 5.16. The van der Waals surface area contributed by atoms with Gasteiger partial charge in [0.1, 0.15) is 5.60 Å². The fourth-order valence-corrected chi connectivity index (χ4v) is 5.16. The average molecular weight is 485 g/mol. The van der Waals surface area contributed by atoms with Gasteiger partial charge in [-0.25, -0.2) is 4.79 Å². The Morgan fingerprint density at radius 1 is 0.706 bits per heavy atom. The summed E-state index contributed by atoms with van der Waals surface area (Å²) in [6.45, 7) is 11.0. The van der Waals surface area contributed by atoms with Crippen LogP contribution in [0.25, 0.3) is 0 Å². The van der Waals surface area contributed by atoms with Crippen LogP contribution in [-0.2, 0) is 14.3 Å². The molecule has 0 aromatic heterocycles. The molecule has 3 atom stereocenters. The summed E-state index contributed by atoms with van der Waals surface area (Å²) in [5.74, 6) is -1.63. The summed E-state index contributed by atoms with van der Waals surface area (Å²) in [5.41, 5.74) is -0.653. The highest BCUT2D eigenvalue weighted by Gasteiger charge is 2.44. The molecule has 0 aromatic rings. The van der Waals surface area contributed by atoms with Crippen molar-refractivity contribution in [3.05, 3.63) is 0 Å². The van der Waals surface area contributed by atoms with E-state index in [0.29, 0.717) is 0 Å². The van der Waals surface area contributed by atoms with Crippen molar-refractivity contribution in [3.8, 4) is 0 Å². The van der Waals surface area contributed by atoms with Crippen LogP contribution in [-0.4, -0.2) is 33.9 Å². The van der Waals surface area contributed by atoms with Gasteiger partial charge in [-0.1, -0.05) is 118 Å². The lowest BCUT2D eigenvalue weighted by Gasteiger charge is -2.44. The van der Waals surface area contributed by atoms with Crippen LogP contribution in [0.5, 0.6) is 0 Å². The highest BCUT2D eigenvalue weighted by molar-refractivity contribution is 5.81. The number of rotatable bonds is 23. The molecule has 0 aromatic carbocycles. The van der Waals surface area contributed by atoms with E-state index >= 15 is 0 Å². The number of aliphatic hydroxyl groups is 1. The molecule has 5 nitrogen and oxygen atoms in total. The largest absolute Gasteiger partial charge is 0.481 e. The van der Waals surface area contributed by atoms with Gasteiger partial charge < -0.3 is 14.9 Å². The molecule has 0 rings (SSSR count). The number of hydrogen-bond acceptors (Lipinski definition) is 4. The molecule has 0 aliphatic heterocycles. The van der Waals surface area contributed by atoms with Crippen molar-refractivity contribution < 1.29 is 24.5 Å². The SMILES string of the molecule is CCCCCCCCCCC(OC(=O)C(O)CC(=O)O)(C(C)CCCCC)C(C)CCCCC. The Morgan fingerprint density at radius 3 is 1.56 bits per heavy atom. The first-order valence-corrected chi connectivity index (χ1v) is 14.4. The predicted molar refractivity (Wildman–Crippen MR) is 141 cm³/mol. The van der Waals surface area contributed by atoms with E-state index in [2.05, 4.69) is 34.6 Å². The Hall–Kier alpha value is -1.10. The van der Waals surface area contributed by atoms with Crippen LogP contribution in [0.2, 0.25) is 0 Å². The Morgan fingerprint density at radius 2 is 1.12 bits per heavy atom. The minimum absolute atomic E-state index is 0.168. The smallest absolute Gasteiger partial charge is 0.336 e. The molecular formula is C29H56O5. The van der Waals surface area contributed by atoms with E-state index in [1.807, 2.05) is 0 Å². The highest BCUT2D eigenvalue weighted by atomic mass is 16.6. The Balaban J connectivity index is 5.49. The Bertz CT molecular complexity index is 503. The summed E-state index contributed by atoms with van der Waals surface area (Å²) >= 11 is 0. The molecule has 0 radical (unpaired) electrons. The number of carboxylic acids is 1. The lowest BCUT2D eigenvalue weighted by atomic mass is 9.71. The van der Waals surface area contributed by atoms with Crippen LogP contribution < -0.4 is 0 Å². The number of hydrogen-bond donors (Lipinski definition) is 2. The number of carbonyl (C=O) groups is 2. The summed E-state index contributed by atoms with van der Waals surface area (Å²) in [4.78, 5) is 23.9. The van der Waals surface area contributed by atoms with Gasteiger partial charge in [-0.15, -0.1) is 0 Å². The van der Waals surface area contributed by atoms with Gasteiger partial charge in [0.15, 0.2) is 6.10 Å². The first-order valence-electron chi connectivity index (χ1n) is 14.4. The maximum atomic E-state index is 12.9. The monoisotopic (exact) mass is 484 g/mol. The number of carboxylic acid groups (broad SMARTS) is 1. The van der Waals surface area contributed by atoms with E-state index in [1.54, 1.807) is 0 Å². The fraction of sp³-hybridized carbons (Fsp3) is 0.931.